The van der Waals surface area contributed by atoms with Crippen LogP contribution in [0.5, 0.6) is 0 Å². The van der Waals surface area contributed by atoms with Crippen molar-refractivity contribution in [1.29, 1.82) is 0 Å². The normalized spacial score (nSPS) is 14.5. The smallest absolute Gasteiger partial charge is 0.251 e. The van der Waals surface area contributed by atoms with Gasteiger partial charge in [-0.1, -0.05) is 39.2 Å². The van der Waals surface area contributed by atoms with Crippen molar-refractivity contribution in [3.05, 3.63) is 29.3 Å². The molecule has 0 radical (unpaired) electrons. The van der Waals surface area contributed by atoms with Crippen molar-refractivity contribution in [3.63, 3.8) is 0 Å². The molecule has 0 aliphatic carbocycles. The van der Waals surface area contributed by atoms with Gasteiger partial charge in [0, 0.05) is 24.3 Å². The van der Waals surface area contributed by atoms with Gasteiger partial charge in [-0.05, 0) is 36.5 Å². The van der Waals surface area contributed by atoms with Gasteiger partial charge in [-0.25, -0.2) is 0 Å². The molecular weight excluding hydrogens is 248 g/mol. The standard InChI is InChI=1S/C17H26N2O/c1-3-5-6-13(4-2)12-19-17(20)15-8-7-14-9-10-18-16(14)11-15/h7-8,11,13,18H,3-6,9-10,12H2,1-2H3,(H,19,20). The molecule has 110 valence electrons. The van der Waals surface area contributed by atoms with Crippen molar-refractivity contribution in [3.8, 4) is 0 Å². The second kappa shape index (κ2) is 7.32. The molecule has 0 aromatic heterocycles. The molecule has 1 amide bonds. The van der Waals surface area contributed by atoms with Gasteiger partial charge in [0.25, 0.3) is 5.91 Å². The third kappa shape index (κ3) is 3.75. The number of carbonyl (C=O) groups is 1. The summed E-state index contributed by atoms with van der Waals surface area (Å²) in [6.07, 6.45) is 5.87. The van der Waals surface area contributed by atoms with E-state index in [2.05, 4.69) is 30.5 Å². The quantitative estimate of drug-likeness (QED) is 0.797. The number of hydrogen-bond donors (Lipinski definition) is 2. The lowest BCUT2D eigenvalue weighted by Gasteiger charge is -2.15. The number of hydrogen-bond acceptors (Lipinski definition) is 2. The Hall–Kier alpha value is -1.51. The number of nitrogens with one attached hydrogen (secondary N) is 2. The summed E-state index contributed by atoms with van der Waals surface area (Å²) in [7, 11) is 0. The van der Waals surface area contributed by atoms with Crippen LogP contribution in [0.25, 0.3) is 0 Å². The van der Waals surface area contributed by atoms with Gasteiger partial charge in [-0.15, -0.1) is 0 Å². The summed E-state index contributed by atoms with van der Waals surface area (Å²) in [5.41, 5.74) is 3.20. The zero-order valence-electron chi connectivity index (χ0n) is 12.7. The van der Waals surface area contributed by atoms with E-state index in [-0.39, 0.29) is 5.91 Å². The van der Waals surface area contributed by atoms with E-state index in [1.54, 1.807) is 0 Å². The number of amides is 1. The zero-order chi connectivity index (χ0) is 14.4. The molecule has 0 saturated carbocycles. The number of anilines is 1. The molecule has 0 bridgehead atoms. The van der Waals surface area contributed by atoms with Crippen LogP contribution in [-0.2, 0) is 6.42 Å². The van der Waals surface area contributed by atoms with Gasteiger partial charge in [0.2, 0.25) is 0 Å². The molecule has 2 rings (SSSR count). The minimum absolute atomic E-state index is 0.0523. The molecule has 1 unspecified atom stereocenters. The largest absolute Gasteiger partial charge is 0.384 e. The van der Waals surface area contributed by atoms with Gasteiger partial charge in [-0.3, -0.25) is 4.79 Å². The van der Waals surface area contributed by atoms with Crippen molar-refractivity contribution in [1.82, 2.24) is 5.32 Å². The van der Waals surface area contributed by atoms with Crippen LogP contribution in [0.4, 0.5) is 5.69 Å². The molecule has 1 aliphatic rings. The summed E-state index contributed by atoms with van der Waals surface area (Å²) in [4.78, 5) is 12.2. The average molecular weight is 274 g/mol. The van der Waals surface area contributed by atoms with E-state index in [1.807, 2.05) is 12.1 Å². The predicted octanol–water partition coefficient (Wildman–Crippen LogP) is 3.60. The second-order valence-corrected chi connectivity index (χ2v) is 5.68. The van der Waals surface area contributed by atoms with E-state index >= 15 is 0 Å². The van der Waals surface area contributed by atoms with Crippen LogP contribution < -0.4 is 10.6 Å². The van der Waals surface area contributed by atoms with E-state index in [0.717, 1.165) is 37.2 Å². The molecular formula is C17H26N2O. The van der Waals surface area contributed by atoms with Gasteiger partial charge < -0.3 is 10.6 Å². The fraction of sp³-hybridized carbons (Fsp3) is 0.588. The Bertz CT molecular complexity index is 456. The summed E-state index contributed by atoms with van der Waals surface area (Å²) >= 11 is 0. The van der Waals surface area contributed by atoms with Crippen molar-refractivity contribution < 1.29 is 4.79 Å². The first kappa shape index (κ1) is 14.9. The number of rotatable bonds is 7. The maximum Gasteiger partial charge on any atom is 0.251 e. The highest BCUT2D eigenvalue weighted by Crippen LogP contribution is 2.23. The number of unbranched alkanes of at least 4 members (excludes halogenated alkanes) is 1. The Kier molecular flexibility index (Phi) is 5.45. The van der Waals surface area contributed by atoms with E-state index < -0.39 is 0 Å². The average Bonchev–Trinajstić information content (AvgIpc) is 2.94. The summed E-state index contributed by atoms with van der Waals surface area (Å²) < 4.78 is 0. The summed E-state index contributed by atoms with van der Waals surface area (Å²) in [5.74, 6) is 0.655. The molecule has 1 aromatic carbocycles. The molecule has 1 aliphatic heterocycles. The van der Waals surface area contributed by atoms with E-state index in [0.29, 0.717) is 5.92 Å². The van der Waals surface area contributed by atoms with Crippen LogP contribution in [0.15, 0.2) is 18.2 Å². The summed E-state index contributed by atoms with van der Waals surface area (Å²) in [5, 5.41) is 6.40. The Labute approximate surface area is 122 Å². The number of fused-ring (bicyclic) bond motifs is 1. The minimum atomic E-state index is 0.0523. The number of carbonyl (C=O) groups excluding carboxylic acids is 1. The topological polar surface area (TPSA) is 41.1 Å². The molecule has 1 heterocycles. The maximum absolute atomic E-state index is 12.2. The molecule has 0 saturated heterocycles. The third-order valence-electron chi connectivity index (χ3n) is 4.18. The molecule has 3 heteroatoms. The van der Waals surface area contributed by atoms with Crippen LogP contribution in [0.2, 0.25) is 0 Å². The SMILES string of the molecule is CCCCC(CC)CNC(=O)c1ccc2c(c1)NCC2. The van der Waals surface area contributed by atoms with Crippen LogP contribution >= 0.6 is 0 Å². The fourth-order valence-electron chi connectivity index (χ4n) is 2.71. The minimum Gasteiger partial charge on any atom is -0.384 e. The van der Waals surface area contributed by atoms with Crippen LogP contribution in [0.1, 0.15) is 55.5 Å². The monoisotopic (exact) mass is 274 g/mol. The molecule has 0 fully saturated rings. The molecule has 0 spiro atoms. The van der Waals surface area contributed by atoms with Crippen molar-refractivity contribution in [2.24, 2.45) is 5.92 Å². The highest BCUT2D eigenvalue weighted by atomic mass is 16.1. The first-order chi connectivity index (χ1) is 9.74. The zero-order valence-corrected chi connectivity index (χ0v) is 12.7. The highest BCUT2D eigenvalue weighted by molar-refractivity contribution is 5.95. The van der Waals surface area contributed by atoms with Gasteiger partial charge in [0.1, 0.15) is 0 Å². The Morgan fingerprint density at radius 2 is 2.25 bits per heavy atom. The molecule has 1 aromatic rings. The lowest BCUT2D eigenvalue weighted by Crippen LogP contribution is -2.29. The van der Waals surface area contributed by atoms with Crippen LogP contribution in [-0.4, -0.2) is 19.0 Å². The van der Waals surface area contributed by atoms with Crippen molar-refractivity contribution in [2.75, 3.05) is 18.4 Å². The van der Waals surface area contributed by atoms with Gasteiger partial charge >= 0.3 is 0 Å². The fourth-order valence-corrected chi connectivity index (χ4v) is 2.71. The highest BCUT2D eigenvalue weighted by Gasteiger charge is 2.14. The van der Waals surface area contributed by atoms with Crippen LogP contribution in [0.3, 0.4) is 0 Å². The van der Waals surface area contributed by atoms with Crippen molar-refractivity contribution >= 4 is 11.6 Å². The summed E-state index contributed by atoms with van der Waals surface area (Å²) in [6, 6.07) is 5.98. The first-order valence-electron chi connectivity index (χ1n) is 7.89. The van der Waals surface area contributed by atoms with Crippen molar-refractivity contribution in [2.45, 2.75) is 46.0 Å². The molecule has 20 heavy (non-hydrogen) atoms. The Morgan fingerprint density at radius 1 is 1.40 bits per heavy atom. The second-order valence-electron chi connectivity index (χ2n) is 5.68. The van der Waals surface area contributed by atoms with Gasteiger partial charge in [0.05, 0.1) is 0 Å². The number of benzene rings is 1. The molecule has 1 atom stereocenters. The first-order valence-corrected chi connectivity index (χ1v) is 7.89. The van der Waals surface area contributed by atoms with E-state index in [4.69, 9.17) is 0 Å². The third-order valence-corrected chi connectivity index (χ3v) is 4.18. The van der Waals surface area contributed by atoms with E-state index in [9.17, 15) is 4.79 Å². The lowest BCUT2D eigenvalue weighted by molar-refractivity contribution is 0.0946. The van der Waals surface area contributed by atoms with Gasteiger partial charge in [0.15, 0.2) is 0 Å². The molecule has 3 nitrogen and oxygen atoms in total. The van der Waals surface area contributed by atoms with Gasteiger partial charge in [-0.2, -0.15) is 0 Å². The lowest BCUT2D eigenvalue weighted by atomic mass is 9.99. The molecule has 2 N–H and O–H groups in total. The maximum atomic E-state index is 12.2. The van der Waals surface area contributed by atoms with Crippen LogP contribution in [0, 0.1) is 5.92 Å². The Morgan fingerprint density at radius 3 is 3.00 bits per heavy atom. The Balaban J connectivity index is 1.88. The predicted molar refractivity (Wildman–Crippen MR) is 84.3 cm³/mol. The summed E-state index contributed by atoms with van der Waals surface area (Å²) in [6.45, 7) is 6.18. The van der Waals surface area contributed by atoms with E-state index in [1.165, 1.54) is 24.8 Å².